The lowest BCUT2D eigenvalue weighted by Crippen LogP contribution is -2.45. The third kappa shape index (κ3) is 4.44. The van der Waals surface area contributed by atoms with Crippen molar-refractivity contribution < 1.29 is 31.8 Å². The molecule has 0 aliphatic heterocycles. The molecule has 0 aliphatic carbocycles. The van der Waals surface area contributed by atoms with E-state index in [4.69, 9.17) is 10.2 Å². The van der Waals surface area contributed by atoms with Gasteiger partial charge in [-0.1, -0.05) is 30.3 Å². The van der Waals surface area contributed by atoms with E-state index >= 15 is 0 Å². The number of alkyl halides is 3. The maximum absolute atomic E-state index is 12.5. The highest BCUT2D eigenvalue weighted by Crippen LogP contribution is 2.27. The number of hydrogen-bond donors (Lipinski definition) is 2. The maximum atomic E-state index is 12.5. The largest absolute Gasteiger partial charge is 0.511 e. The number of sulfonamides is 1. The molecule has 0 heterocycles. The summed E-state index contributed by atoms with van der Waals surface area (Å²) in [5.74, 6) is 0. The topological polar surface area (TPSA) is 77.8 Å². The average Bonchev–Trinajstić information content (AvgIpc) is 2.33. The van der Waals surface area contributed by atoms with Gasteiger partial charge in [-0.2, -0.15) is 17.5 Å². The Hall–Kier alpha value is -1.16. The fraction of sp³-hybridized carbons (Fsp3) is 0.455. The summed E-state index contributed by atoms with van der Waals surface area (Å²) in [7, 11) is -5.59. The van der Waals surface area contributed by atoms with Crippen molar-refractivity contribution >= 4 is 10.0 Å². The van der Waals surface area contributed by atoms with E-state index in [1.165, 1.54) is 0 Å². The molecule has 1 aromatic rings. The molecular weight excluding hydrogens is 299 g/mol. The summed E-state index contributed by atoms with van der Waals surface area (Å²) in [6.07, 6.45) is -2.15. The monoisotopic (exact) mass is 313 g/mol. The molecule has 9 heteroatoms. The Morgan fingerprint density at radius 1 is 1.15 bits per heavy atom. The molecule has 2 N–H and O–H groups in total. The lowest BCUT2D eigenvalue weighted by molar-refractivity contribution is -0.0640. The van der Waals surface area contributed by atoms with E-state index < -0.39 is 34.9 Å². The van der Waals surface area contributed by atoms with Gasteiger partial charge in [-0.3, -0.25) is 0 Å². The zero-order valence-electron chi connectivity index (χ0n) is 10.3. The Morgan fingerprint density at radius 2 is 1.70 bits per heavy atom. The molecule has 20 heavy (non-hydrogen) atoms. The van der Waals surface area contributed by atoms with Gasteiger partial charge >= 0.3 is 15.5 Å². The zero-order chi connectivity index (χ0) is 15.4. The van der Waals surface area contributed by atoms with Gasteiger partial charge in [-0.15, -0.1) is 0 Å². The molecule has 0 saturated carbocycles. The molecule has 0 aromatic heterocycles. The highest BCUT2D eigenvalue weighted by Gasteiger charge is 2.50. The van der Waals surface area contributed by atoms with Crippen molar-refractivity contribution in [3.63, 3.8) is 0 Å². The van der Waals surface area contributed by atoms with Gasteiger partial charge in [0.25, 0.3) is 0 Å². The highest BCUT2D eigenvalue weighted by molar-refractivity contribution is 7.90. The first-order chi connectivity index (χ1) is 9.14. The summed E-state index contributed by atoms with van der Waals surface area (Å²) in [4.78, 5) is 0. The quantitative estimate of drug-likeness (QED) is 0.758. The molecule has 0 saturated heterocycles. The summed E-state index contributed by atoms with van der Waals surface area (Å²) in [6.45, 7) is -1.53. The average molecular weight is 313 g/mol. The molecule has 0 fully saturated rings. The van der Waals surface area contributed by atoms with Gasteiger partial charge in [-0.05, 0) is 12.0 Å². The van der Waals surface area contributed by atoms with Crippen molar-refractivity contribution in [3.05, 3.63) is 35.9 Å². The van der Waals surface area contributed by atoms with Crippen LogP contribution in [0.15, 0.2) is 30.3 Å². The Balaban J connectivity index is 2.86. The predicted octanol–water partition coefficient (Wildman–Crippen LogP) is 0.691. The van der Waals surface area contributed by atoms with Gasteiger partial charge in [0.2, 0.25) is 0 Å². The number of rotatable bonds is 6. The van der Waals surface area contributed by atoms with Gasteiger partial charge in [0.1, 0.15) is 0 Å². The van der Waals surface area contributed by atoms with Crippen LogP contribution in [0.2, 0.25) is 0 Å². The molecule has 0 atom stereocenters. The lowest BCUT2D eigenvalue weighted by atomic mass is 10.1. The van der Waals surface area contributed by atoms with Crippen LogP contribution in [-0.2, 0) is 16.4 Å². The summed E-state index contributed by atoms with van der Waals surface area (Å²) in [5.41, 5.74) is -4.83. The van der Waals surface area contributed by atoms with Gasteiger partial charge in [0, 0.05) is 6.54 Å². The zero-order valence-corrected chi connectivity index (χ0v) is 11.1. The van der Waals surface area contributed by atoms with E-state index in [1.54, 1.807) is 30.3 Å². The molecule has 0 spiro atoms. The van der Waals surface area contributed by atoms with Gasteiger partial charge in [0.05, 0.1) is 6.54 Å². The normalized spacial score (nSPS) is 13.2. The van der Waals surface area contributed by atoms with Crippen molar-refractivity contribution in [2.45, 2.75) is 18.2 Å². The van der Waals surface area contributed by atoms with E-state index in [-0.39, 0.29) is 10.7 Å². The van der Waals surface area contributed by atoms with Crippen LogP contribution in [0, 0.1) is 0 Å². The second kappa shape index (κ2) is 6.53. The number of nitrogens with zero attached hydrogens (tertiary/aromatic N) is 1. The van der Waals surface area contributed by atoms with Crippen LogP contribution >= 0.6 is 0 Å². The molecule has 1 aromatic carbocycles. The summed E-state index contributed by atoms with van der Waals surface area (Å²) in [6, 6.07) is 8.31. The highest BCUT2D eigenvalue weighted by atomic mass is 32.2. The van der Waals surface area contributed by atoms with E-state index in [2.05, 4.69) is 0 Å². The Labute approximate surface area is 114 Å². The molecule has 5 nitrogen and oxygen atoms in total. The minimum atomic E-state index is -5.59. The number of hydrogen-bond acceptors (Lipinski definition) is 4. The molecule has 0 unspecified atom stereocenters. The Bertz CT molecular complexity index is 516. The van der Waals surface area contributed by atoms with Crippen molar-refractivity contribution in [1.29, 1.82) is 0 Å². The Morgan fingerprint density at radius 3 is 2.15 bits per heavy atom. The SMILES string of the molecule is O=S(=O)(N(CCc1ccccc1)CC(O)O)C(F)(F)F. The molecule has 0 aliphatic rings. The number of halogens is 3. The third-order valence-corrected chi connectivity index (χ3v) is 4.09. The van der Waals surface area contributed by atoms with Crippen molar-refractivity contribution in [1.82, 2.24) is 4.31 Å². The molecule has 0 bridgehead atoms. The van der Waals surface area contributed by atoms with Crippen molar-refractivity contribution in [2.24, 2.45) is 0 Å². The van der Waals surface area contributed by atoms with E-state index in [0.717, 1.165) is 0 Å². The molecule has 1 rings (SSSR count). The summed E-state index contributed by atoms with van der Waals surface area (Å²) in [5, 5.41) is 17.5. The molecular formula is C11H14F3NO4S. The maximum Gasteiger partial charge on any atom is 0.511 e. The summed E-state index contributed by atoms with van der Waals surface area (Å²) >= 11 is 0. The standard InChI is InChI=1S/C11H14F3NO4S/c12-11(13,14)20(18,19)15(8-10(16)17)7-6-9-4-2-1-3-5-9/h1-5,10,16-17H,6-8H2. The lowest BCUT2D eigenvalue weighted by Gasteiger charge is -2.23. The van der Waals surface area contributed by atoms with Gasteiger partial charge < -0.3 is 10.2 Å². The van der Waals surface area contributed by atoms with Crippen LogP contribution in [0.4, 0.5) is 13.2 Å². The van der Waals surface area contributed by atoms with Gasteiger partial charge in [0.15, 0.2) is 6.29 Å². The first-order valence-electron chi connectivity index (χ1n) is 5.61. The number of aliphatic hydroxyl groups excluding tert-OH is 1. The van der Waals surface area contributed by atoms with Crippen LogP contribution in [-0.4, -0.2) is 47.8 Å². The van der Waals surface area contributed by atoms with Crippen LogP contribution in [0.1, 0.15) is 5.56 Å². The van der Waals surface area contributed by atoms with Crippen LogP contribution in [0.3, 0.4) is 0 Å². The molecule has 114 valence electrons. The van der Waals surface area contributed by atoms with E-state index in [9.17, 15) is 21.6 Å². The van der Waals surface area contributed by atoms with Crippen LogP contribution in [0.25, 0.3) is 0 Å². The number of aliphatic hydroxyl groups is 2. The van der Waals surface area contributed by atoms with Crippen molar-refractivity contribution in [2.75, 3.05) is 13.1 Å². The van der Waals surface area contributed by atoms with Crippen molar-refractivity contribution in [3.8, 4) is 0 Å². The fourth-order valence-corrected chi connectivity index (χ4v) is 2.49. The fourth-order valence-electron chi connectivity index (χ4n) is 1.54. The second-order valence-corrected chi connectivity index (χ2v) is 5.95. The van der Waals surface area contributed by atoms with E-state index in [1.807, 2.05) is 0 Å². The minimum Gasteiger partial charge on any atom is -0.367 e. The summed E-state index contributed by atoms with van der Waals surface area (Å²) < 4.78 is 60.0. The molecule has 0 radical (unpaired) electrons. The predicted molar refractivity (Wildman–Crippen MR) is 64.9 cm³/mol. The van der Waals surface area contributed by atoms with E-state index in [0.29, 0.717) is 5.56 Å². The smallest absolute Gasteiger partial charge is 0.367 e. The minimum absolute atomic E-state index is 0.0185. The second-order valence-electron chi connectivity index (χ2n) is 4.03. The first kappa shape index (κ1) is 16.9. The third-order valence-electron chi connectivity index (χ3n) is 2.49. The first-order valence-corrected chi connectivity index (χ1v) is 7.05. The Kier molecular flexibility index (Phi) is 5.51. The van der Waals surface area contributed by atoms with Crippen LogP contribution < -0.4 is 0 Å². The van der Waals surface area contributed by atoms with Crippen LogP contribution in [0.5, 0.6) is 0 Å². The molecule has 0 amide bonds. The number of benzene rings is 1. The van der Waals surface area contributed by atoms with Gasteiger partial charge in [-0.25, -0.2) is 8.42 Å².